The SMILES string of the molecule is N#Cc1cc(N2CC3CCC(C2)O3)ccn1. The van der Waals surface area contributed by atoms with E-state index in [1.165, 1.54) is 0 Å². The summed E-state index contributed by atoms with van der Waals surface area (Å²) in [4.78, 5) is 6.29. The van der Waals surface area contributed by atoms with Gasteiger partial charge in [-0.3, -0.25) is 0 Å². The van der Waals surface area contributed by atoms with Gasteiger partial charge in [-0.1, -0.05) is 0 Å². The molecule has 0 radical (unpaired) electrons. The van der Waals surface area contributed by atoms with Gasteiger partial charge >= 0.3 is 0 Å². The first-order valence-electron chi connectivity index (χ1n) is 5.62. The van der Waals surface area contributed by atoms with Crippen LogP contribution in [0.1, 0.15) is 18.5 Å². The number of rotatable bonds is 1. The Hall–Kier alpha value is -1.60. The molecule has 0 spiro atoms. The molecular formula is C12H13N3O. The van der Waals surface area contributed by atoms with Crippen molar-refractivity contribution >= 4 is 5.69 Å². The van der Waals surface area contributed by atoms with Crippen LogP contribution in [0.2, 0.25) is 0 Å². The summed E-state index contributed by atoms with van der Waals surface area (Å²) in [5.74, 6) is 0. The molecule has 2 fully saturated rings. The zero-order valence-electron chi connectivity index (χ0n) is 8.97. The predicted molar refractivity (Wildman–Crippen MR) is 59.1 cm³/mol. The number of pyridine rings is 1. The standard InChI is InChI=1S/C12H13N3O/c13-6-9-5-10(3-4-14-9)15-7-11-1-2-12(8-15)16-11/h3-5,11-12H,1-2,7-8H2. The van der Waals surface area contributed by atoms with Crippen LogP contribution in [0.5, 0.6) is 0 Å². The van der Waals surface area contributed by atoms with Crippen LogP contribution in [0.3, 0.4) is 0 Å². The maximum absolute atomic E-state index is 8.82. The summed E-state index contributed by atoms with van der Waals surface area (Å²) in [6.45, 7) is 1.87. The number of hydrogen-bond donors (Lipinski definition) is 0. The van der Waals surface area contributed by atoms with Crippen LogP contribution in [-0.2, 0) is 4.74 Å². The van der Waals surface area contributed by atoms with Gasteiger partial charge in [0.2, 0.25) is 0 Å². The first-order valence-corrected chi connectivity index (χ1v) is 5.62. The fraction of sp³-hybridized carbons (Fsp3) is 0.500. The minimum absolute atomic E-state index is 0.373. The molecule has 4 heteroatoms. The Labute approximate surface area is 94.5 Å². The zero-order valence-corrected chi connectivity index (χ0v) is 8.97. The summed E-state index contributed by atoms with van der Waals surface area (Å²) in [6, 6.07) is 5.89. The quantitative estimate of drug-likeness (QED) is 0.709. The largest absolute Gasteiger partial charge is 0.371 e. The summed E-state index contributed by atoms with van der Waals surface area (Å²) < 4.78 is 5.78. The lowest BCUT2D eigenvalue weighted by atomic mass is 10.2. The zero-order chi connectivity index (χ0) is 11.0. The van der Waals surface area contributed by atoms with E-state index in [1.54, 1.807) is 6.20 Å². The molecule has 0 saturated carbocycles. The molecule has 16 heavy (non-hydrogen) atoms. The van der Waals surface area contributed by atoms with E-state index in [1.807, 2.05) is 12.1 Å². The summed E-state index contributed by atoms with van der Waals surface area (Å²) in [5.41, 5.74) is 1.57. The molecular weight excluding hydrogens is 202 g/mol. The Bertz CT molecular complexity index is 428. The maximum Gasteiger partial charge on any atom is 0.142 e. The summed E-state index contributed by atoms with van der Waals surface area (Å²) in [5, 5.41) is 8.82. The van der Waals surface area contributed by atoms with Gasteiger partial charge < -0.3 is 9.64 Å². The van der Waals surface area contributed by atoms with E-state index in [2.05, 4.69) is 16.0 Å². The molecule has 0 aliphatic carbocycles. The Balaban J connectivity index is 1.84. The van der Waals surface area contributed by atoms with Crippen LogP contribution in [0.25, 0.3) is 0 Å². The highest BCUT2D eigenvalue weighted by Crippen LogP contribution is 2.29. The fourth-order valence-corrected chi connectivity index (χ4v) is 2.50. The number of nitrogens with zero attached hydrogens (tertiary/aromatic N) is 3. The van der Waals surface area contributed by atoms with Gasteiger partial charge in [-0.25, -0.2) is 4.98 Å². The minimum atomic E-state index is 0.373. The van der Waals surface area contributed by atoms with Crippen LogP contribution >= 0.6 is 0 Å². The molecule has 2 saturated heterocycles. The molecule has 2 bridgehead atoms. The number of aromatic nitrogens is 1. The van der Waals surface area contributed by atoms with Crippen molar-refractivity contribution in [2.75, 3.05) is 18.0 Å². The van der Waals surface area contributed by atoms with Gasteiger partial charge in [0.25, 0.3) is 0 Å². The summed E-state index contributed by atoms with van der Waals surface area (Å²) in [6.07, 6.45) is 4.77. The van der Waals surface area contributed by atoms with Crippen molar-refractivity contribution in [3.05, 3.63) is 24.0 Å². The lowest BCUT2D eigenvalue weighted by molar-refractivity contribution is 0.0305. The number of fused-ring (bicyclic) bond motifs is 2. The van der Waals surface area contributed by atoms with Crippen molar-refractivity contribution in [3.63, 3.8) is 0 Å². The second-order valence-corrected chi connectivity index (χ2v) is 4.37. The normalized spacial score (nSPS) is 27.8. The monoisotopic (exact) mass is 215 g/mol. The summed E-state index contributed by atoms with van der Waals surface area (Å²) in [7, 11) is 0. The Morgan fingerprint density at radius 3 is 2.81 bits per heavy atom. The van der Waals surface area contributed by atoms with Gasteiger partial charge in [0.15, 0.2) is 0 Å². The average molecular weight is 215 g/mol. The lowest BCUT2D eigenvalue weighted by Crippen LogP contribution is -2.42. The van der Waals surface area contributed by atoms with Crippen LogP contribution in [0.15, 0.2) is 18.3 Å². The minimum Gasteiger partial charge on any atom is -0.371 e. The van der Waals surface area contributed by atoms with Gasteiger partial charge in [-0.15, -0.1) is 0 Å². The van der Waals surface area contributed by atoms with E-state index in [0.717, 1.165) is 31.6 Å². The highest BCUT2D eigenvalue weighted by molar-refractivity contribution is 5.49. The lowest BCUT2D eigenvalue weighted by Gasteiger charge is -2.33. The third-order valence-electron chi connectivity index (χ3n) is 3.27. The topological polar surface area (TPSA) is 49.2 Å². The van der Waals surface area contributed by atoms with Crippen molar-refractivity contribution in [3.8, 4) is 6.07 Å². The van der Waals surface area contributed by atoms with E-state index in [-0.39, 0.29) is 0 Å². The molecule has 4 nitrogen and oxygen atoms in total. The second kappa shape index (κ2) is 3.76. The first-order chi connectivity index (χ1) is 7.85. The van der Waals surface area contributed by atoms with Gasteiger partial charge in [0.1, 0.15) is 11.8 Å². The molecule has 0 amide bonds. The molecule has 0 N–H and O–H groups in total. The Kier molecular flexibility index (Phi) is 2.26. The van der Waals surface area contributed by atoms with E-state index < -0.39 is 0 Å². The summed E-state index contributed by atoms with van der Waals surface area (Å²) >= 11 is 0. The molecule has 3 heterocycles. The molecule has 82 valence electrons. The van der Waals surface area contributed by atoms with Crippen molar-refractivity contribution < 1.29 is 4.74 Å². The molecule has 2 aliphatic heterocycles. The van der Waals surface area contributed by atoms with Crippen LogP contribution < -0.4 is 4.90 Å². The van der Waals surface area contributed by atoms with Crippen LogP contribution in [0, 0.1) is 11.3 Å². The van der Waals surface area contributed by atoms with Crippen molar-refractivity contribution in [2.24, 2.45) is 0 Å². The van der Waals surface area contributed by atoms with Gasteiger partial charge in [-0.05, 0) is 25.0 Å². The van der Waals surface area contributed by atoms with Gasteiger partial charge in [0, 0.05) is 25.0 Å². The average Bonchev–Trinajstić information content (AvgIpc) is 2.68. The van der Waals surface area contributed by atoms with E-state index in [9.17, 15) is 0 Å². The Morgan fingerprint density at radius 1 is 1.38 bits per heavy atom. The third kappa shape index (κ3) is 1.63. The van der Waals surface area contributed by atoms with E-state index in [4.69, 9.17) is 10.00 Å². The fourth-order valence-electron chi connectivity index (χ4n) is 2.50. The van der Waals surface area contributed by atoms with Crippen LogP contribution in [0.4, 0.5) is 5.69 Å². The molecule has 0 aromatic carbocycles. The molecule has 1 aromatic heterocycles. The van der Waals surface area contributed by atoms with Gasteiger partial charge in [-0.2, -0.15) is 5.26 Å². The van der Waals surface area contributed by atoms with Crippen molar-refractivity contribution in [1.29, 1.82) is 5.26 Å². The second-order valence-electron chi connectivity index (χ2n) is 4.37. The Morgan fingerprint density at radius 2 is 2.12 bits per heavy atom. The van der Waals surface area contributed by atoms with Crippen molar-refractivity contribution in [1.82, 2.24) is 4.98 Å². The number of anilines is 1. The molecule has 2 atom stereocenters. The number of ether oxygens (including phenoxy) is 1. The number of hydrogen-bond acceptors (Lipinski definition) is 4. The van der Waals surface area contributed by atoms with E-state index in [0.29, 0.717) is 17.9 Å². The first kappa shape index (κ1) is 9.61. The molecule has 1 aromatic rings. The number of morpholine rings is 1. The highest BCUT2D eigenvalue weighted by atomic mass is 16.5. The highest BCUT2D eigenvalue weighted by Gasteiger charge is 2.33. The molecule has 2 unspecified atom stereocenters. The number of nitriles is 1. The predicted octanol–water partition coefficient (Wildman–Crippen LogP) is 1.32. The van der Waals surface area contributed by atoms with Crippen molar-refractivity contribution in [2.45, 2.75) is 25.0 Å². The van der Waals surface area contributed by atoms with E-state index >= 15 is 0 Å². The van der Waals surface area contributed by atoms with Gasteiger partial charge in [0.05, 0.1) is 12.2 Å². The smallest absolute Gasteiger partial charge is 0.142 e. The van der Waals surface area contributed by atoms with Crippen LogP contribution in [-0.4, -0.2) is 30.3 Å². The molecule has 3 rings (SSSR count). The third-order valence-corrected chi connectivity index (χ3v) is 3.27. The molecule has 2 aliphatic rings. The maximum atomic E-state index is 8.82.